The molecule has 0 radical (unpaired) electrons. The molecule has 0 unspecified atom stereocenters. The Balaban J connectivity index is 3.22. The van der Waals surface area contributed by atoms with Crippen LogP contribution in [0.5, 0.6) is 0 Å². The highest BCUT2D eigenvalue weighted by molar-refractivity contribution is 6.00. The van der Waals surface area contributed by atoms with Crippen molar-refractivity contribution in [2.75, 3.05) is 0 Å². The largest absolute Gasteiger partial charge is 0.160 e. The lowest BCUT2D eigenvalue weighted by Gasteiger charge is -2.43. The lowest BCUT2D eigenvalue weighted by Crippen LogP contribution is -2.45. The number of nitrogens with zero attached hydrogens (tertiary/aromatic N) is 2. The van der Waals surface area contributed by atoms with Crippen molar-refractivity contribution in [1.82, 2.24) is 0 Å². The first-order chi connectivity index (χ1) is 5.30. The summed E-state index contributed by atoms with van der Waals surface area (Å²) in [5.74, 6) is 0. The second-order valence-electron chi connectivity index (χ2n) is 4.62. The van der Waals surface area contributed by atoms with Gasteiger partial charge >= 0.3 is 0 Å². The van der Waals surface area contributed by atoms with Gasteiger partial charge in [0, 0.05) is 22.3 Å². The molecular formula is C10H18N2. The fourth-order valence-corrected chi connectivity index (χ4v) is 1.30. The molecule has 2 nitrogen and oxygen atoms in total. The third-order valence-corrected chi connectivity index (χ3v) is 3.72. The van der Waals surface area contributed by atoms with Crippen LogP contribution in [-0.4, -0.2) is 11.4 Å². The molecule has 0 saturated heterocycles. The van der Waals surface area contributed by atoms with Gasteiger partial charge in [0.2, 0.25) is 0 Å². The second kappa shape index (κ2) is 2.41. The molecule has 0 aromatic rings. The Kier molecular flexibility index (Phi) is 1.89. The van der Waals surface area contributed by atoms with E-state index in [1.54, 1.807) is 0 Å². The van der Waals surface area contributed by atoms with Gasteiger partial charge < -0.3 is 0 Å². The highest BCUT2D eigenvalue weighted by atomic mass is 15.2. The fourth-order valence-electron chi connectivity index (χ4n) is 1.30. The van der Waals surface area contributed by atoms with Crippen LogP contribution >= 0.6 is 0 Å². The zero-order valence-electron chi connectivity index (χ0n) is 8.89. The maximum Gasteiger partial charge on any atom is 0.0440 e. The van der Waals surface area contributed by atoms with Crippen LogP contribution in [0.25, 0.3) is 0 Å². The van der Waals surface area contributed by atoms with Crippen LogP contribution in [0.1, 0.15) is 41.5 Å². The summed E-state index contributed by atoms with van der Waals surface area (Å²) in [5, 5.41) is 8.33. The summed E-state index contributed by atoms with van der Waals surface area (Å²) in [7, 11) is 0. The normalized spacial score (nSPS) is 26.2. The molecule has 1 aliphatic heterocycles. The van der Waals surface area contributed by atoms with E-state index in [1.807, 2.05) is 0 Å². The SMILES string of the molecule is CC1=NN=C(C)C(C)(C)C1(C)C. The average molecular weight is 166 g/mol. The van der Waals surface area contributed by atoms with E-state index >= 15 is 0 Å². The minimum Gasteiger partial charge on any atom is -0.160 e. The second-order valence-corrected chi connectivity index (χ2v) is 4.62. The molecule has 0 aromatic heterocycles. The molecule has 2 heteroatoms. The van der Waals surface area contributed by atoms with E-state index in [2.05, 4.69) is 51.7 Å². The van der Waals surface area contributed by atoms with Gasteiger partial charge in [0.05, 0.1) is 0 Å². The van der Waals surface area contributed by atoms with Crippen molar-refractivity contribution in [3.63, 3.8) is 0 Å². The van der Waals surface area contributed by atoms with E-state index in [0.717, 1.165) is 11.4 Å². The standard InChI is InChI=1S/C10H18N2/c1-7-9(3,4)10(5,6)8(2)12-11-7/h1-6H3. The minimum absolute atomic E-state index is 0.124. The van der Waals surface area contributed by atoms with Gasteiger partial charge in [-0.1, -0.05) is 27.7 Å². The van der Waals surface area contributed by atoms with Crippen molar-refractivity contribution in [3.8, 4) is 0 Å². The molecule has 0 spiro atoms. The van der Waals surface area contributed by atoms with Crippen molar-refractivity contribution in [2.24, 2.45) is 21.0 Å². The number of hydrogen-bond donors (Lipinski definition) is 0. The van der Waals surface area contributed by atoms with Crippen LogP contribution in [0.4, 0.5) is 0 Å². The maximum atomic E-state index is 4.16. The van der Waals surface area contributed by atoms with E-state index in [9.17, 15) is 0 Å². The Bertz CT molecular complexity index is 229. The molecule has 12 heavy (non-hydrogen) atoms. The molecule has 68 valence electrons. The molecule has 0 saturated carbocycles. The molecule has 1 aliphatic rings. The van der Waals surface area contributed by atoms with E-state index in [0.29, 0.717) is 0 Å². The van der Waals surface area contributed by atoms with Gasteiger partial charge in [-0.15, -0.1) is 0 Å². The molecular weight excluding hydrogens is 148 g/mol. The van der Waals surface area contributed by atoms with Crippen molar-refractivity contribution < 1.29 is 0 Å². The van der Waals surface area contributed by atoms with Crippen molar-refractivity contribution in [2.45, 2.75) is 41.5 Å². The Morgan fingerprint density at radius 1 is 0.750 bits per heavy atom. The van der Waals surface area contributed by atoms with Crippen LogP contribution in [0.2, 0.25) is 0 Å². The molecule has 0 N–H and O–H groups in total. The number of hydrogen-bond acceptors (Lipinski definition) is 2. The third kappa shape index (κ3) is 1.01. The predicted molar refractivity (Wildman–Crippen MR) is 53.8 cm³/mol. The van der Waals surface area contributed by atoms with E-state index in [-0.39, 0.29) is 10.8 Å². The average Bonchev–Trinajstić information content (AvgIpc) is 1.96. The summed E-state index contributed by atoms with van der Waals surface area (Å²) in [4.78, 5) is 0. The van der Waals surface area contributed by atoms with Gasteiger partial charge in [0.15, 0.2) is 0 Å². The molecule has 1 heterocycles. The zero-order chi connectivity index (χ0) is 9.57. The maximum absolute atomic E-state index is 4.16. The lowest BCUT2D eigenvalue weighted by molar-refractivity contribution is 0.277. The van der Waals surface area contributed by atoms with Crippen LogP contribution in [0.3, 0.4) is 0 Å². The fraction of sp³-hybridized carbons (Fsp3) is 0.800. The van der Waals surface area contributed by atoms with E-state index in [4.69, 9.17) is 0 Å². The van der Waals surface area contributed by atoms with Crippen molar-refractivity contribution in [3.05, 3.63) is 0 Å². The summed E-state index contributed by atoms with van der Waals surface area (Å²) in [6.45, 7) is 13.0. The first-order valence-electron chi connectivity index (χ1n) is 4.40. The van der Waals surface area contributed by atoms with Gasteiger partial charge in [0.1, 0.15) is 0 Å². The molecule has 0 amide bonds. The molecule has 0 aromatic carbocycles. The van der Waals surface area contributed by atoms with Gasteiger partial charge in [-0.2, -0.15) is 10.2 Å². The highest BCUT2D eigenvalue weighted by Gasteiger charge is 2.43. The molecule has 1 rings (SSSR count). The lowest BCUT2D eigenvalue weighted by atomic mass is 9.63. The molecule has 0 fully saturated rings. The minimum atomic E-state index is 0.124. The molecule has 0 aliphatic carbocycles. The zero-order valence-corrected chi connectivity index (χ0v) is 8.89. The Morgan fingerprint density at radius 2 is 1.00 bits per heavy atom. The topological polar surface area (TPSA) is 24.7 Å². The van der Waals surface area contributed by atoms with E-state index in [1.165, 1.54) is 0 Å². The summed E-state index contributed by atoms with van der Waals surface area (Å²) < 4.78 is 0. The summed E-state index contributed by atoms with van der Waals surface area (Å²) in [5.41, 5.74) is 2.49. The van der Waals surface area contributed by atoms with Gasteiger partial charge in [-0.25, -0.2) is 0 Å². The van der Waals surface area contributed by atoms with Crippen LogP contribution in [-0.2, 0) is 0 Å². The molecule has 0 atom stereocenters. The predicted octanol–water partition coefficient (Wildman–Crippen LogP) is 2.89. The Labute approximate surface area is 74.8 Å². The third-order valence-electron chi connectivity index (χ3n) is 3.72. The van der Waals surface area contributed by atoms with Gasteiger partial charge in [0.25, 0.3) is 0 Å². The monoisotopic (exact) mass is 166 g/mol. The van der Waals surface area contributed by atoms with Crippen molar-refractivity contribution >= 4 is 11.4 Å². The Morgan fingerprint density at radius 3 is 1.25 bits per heavy atom. The van der Waals surface area contributed by atoms with Gasteiger partial charge in [-0.05, 0) is 13.8 Å². The first kappa shape index (κ1) is 9.43. The first-order valence-corrected chi connectivity index (χ1v) is 4.40. The van der Waals surface area contributed by atoms with Crippen LogP contribution < -0.4 is 0 Å². The summed E-state index contributed by atoms with van der Waals surface area (Å²) in [6.07, 6.45) is 0. The smallest absolute Gasteiger partial charge is 0.0440 e. The van der Waals surface area contributed by atoms with Crippen molar-refractivity contribution in [1.29, 1.82) is 0 Å². The van der Waals surface area contributed by atoms with Crippen LogP contribution in [0, 0.1) is 10.8 Å². The highest BCUT2D eigenvalue weighted by Crippen LogP contribution is 2.43. The van der Waals surface area contributed by atoms with E-state index < -0.39 is 0 Å². The van der Waals surface area contributed by atoms with Gasteiger partial charge in [-0.3, -0.25) is 0 Å². The summed E-state index contributed by atoms with van der Waals surface area (Å²) in [6, 6.07) is 0. The quantitative estimate of drug-likeness (QED) is 0.528. The number of rotatable bonds is 0. The summed E-state index contributed by atoms with van der Waals surface area (Å²) >= 11 is 0. The Hall–Kier alpha value is -0.660. The van der Waals surface area contributed by atoms with Crippen LogP contribution in [0.15, 0.2) is 10.2 Å². The molecule has 0 bridgehead atoms.